The van der Waals surface area contributed by atoms with Crippen molar-refractivity contribution in [3.63, 3.8) is 0 Å². The molecule has 0 radical (unpaired) electrons. The average molecular weight is 694 g/mol. The molecule has 0 bridgehead atoms. The molecule has 0 amide bonds. The molecule has 1 aliphatic carbocycles. The molecule has 0 atom stereocenters. The topological polar surface area (TPSA) is 29.5 Å². The highest BCUT2D eigenvalue weighted by atomic mass is 16.3. The lowest BCUT2D eigenvalue weighted by atomic mass is 9.82. The summed E-state index contributed by atoms with van der Waals surface area (Å²) in [6.07, 6.45) is 0. The van der Waals surface area contributed by atoms with Crippen LogP contribution in [-0.4, -0.2) is 0 Å². The number of hydrogen-bond acceptors (Lipinski definition) is 3. The molecular formula is C51H35NO2. The van der Waals surface area contributed by atoms with E-state index in [-0.39, 0.29) is 5.41 Å². The van der Waals surface area contributed by atoms with E-state index in [1.54, 1.807) is 0 Å². The van der Waals surface area contributed by atoms with Crippen LogP contribution in [0.2, 0.25) is 0 Å². The second-order valence-electron chi connectivity index (χ2n) is 14.8. The maximum Gasteiger partial charge on any atom is 0.143 e. The summed E-state index contributed by atoms with van der Waals surface area (Å²) in [6.45, 7) is 4.70. The molecule has 2 aromatic heterocycles. The fraction of sp³-hybridized carbons (Fsp3) is 0.0588. The predicted octanol–water partition coefficient (Wildman–Crippen LogP) is 14.6. The molecule has 0 aliphatic heterocycles. The number of furan rings is 2. The van der Waals surface area contributed by atoms with Gasteiger partial charge < -0.3 is 13.7 Å². The molecule has 11 rings (SSSR count). The first-order chi connectivity index (χ1) is 26.6. The second kappa shape index (κ2) is 11.6. The molecule has 0 N–H and O–H groups in total. The largest absolute Gasteiger partial charge is 0.456 e. The predicted molar refractivity (Wildman–Crippen MR) is 224 cm³/mol. The summed E-state index contributed by atoms with van der Waals surface area (Å²) in [5.74, 6) is 0. The third-order valence-corrected chi connectivity index (χ3v) is 11.5. The highest BCUT2D eigenvalue weighted by Crippen LogP contribution is 2.56. The molecule has 2 heterocycles. The van der Waals surface area contributed by atoms with E-state index in [0.29, 0.717) is 0 Å². The Morgan fingerprint density at radius 1 is 0.370 bits per heavy atom. The van der Waals surface area contributed by atoms with E-state index in [0.717, 1.165) is 83.2 Å². The molecule has 0 unspecified atom stereocenters. The van der Waals surface area contributed by atoms with Crippen LogP contribution in [0.1, 0.15) is 25.0 Å². The quantitative estimate of drug-likeness (QED) is 0.180. The Bertz CT molecular complexity index is 3100. The molecule has 0 spiro atoms. The van der Waals surface area contributed by atoms with Crippen LogP contribution >= 0.6 is 0 Å². The zero-order chi connectivity index (χ0) is 36.0. The van der Waals surface area contributed by atoms with Gasteiger partial charge in [0.25, 0.3) is 0 Å². The molecule has 54 heavy (non-hydrogen) atoms. The normalized spacial score (nSPS) is 13.1. The molecular weight excluding hydrogens is 659 g/mol. The van der Waals surface area contributed by atoms with E-state index in [1.165, 1.54) is 22.3 Å². The van der Waals surface area contributed by atoms with E-state index in [1.807, 2.05) is 12.1 Å². The van der Waals surface area contributed by atoms with Gasteiger partial charge in [-0.3, -0.25) is 0 Å². The molecule has 0 saturated heterocycles. The Morgan fingerprint density at radius 3 is 1.67 bits per heavy atom. The van der Waals surface area contributed by atoms with Crippen molar-refractivity contribution in [3.05, 3.63) is 187 Å². The minimum absolute atomic E-state index is 0.159. The van der Waals surface area contributed by atoms with E-state index in [9.17, 15) is 0 Å². The van der Waals surface area contributed by atoms with Crippen LogP contribution in [0.25, 0.3) is 77.3 Å². The van der Waals surface area contributed by atoms with Gasteiger partial charge in [-0.25, -0.2) is 0 Å². The van der Waals surface area contributed by atoms with Gasteiger partial charge in [-0.1, -0.05) is 153 Å². The van der Waals surface area contributed by atoms with Gasteiger partial charge in [-0.05, 0) is 58.7 Å². The van der Waals surface area contributed by atoms with Gasteiger partial charge in [0.15, 0.2) is 0 Å². The van der Waals surface area contributed by atoms with Crippen LogP contribution in [0, 0.1) is 0 Å². The van der Waals surface area contributed by atoms with Crippen molar-refractivity contribution in [1.29, 1.82) is 0 Å². The van der Waals surface area contributed by atoms with Crippen LogP contribution < -0.4 is 4.90 Å². The van der Waals surface area contributed by atoms with Gasteiger partial charge >= 0.3 is 0 Å². The van der Waals surface area contributed by atoms with Crippen molar-refractivity contribution in [2.24, 2.45) is 0 Å². The highest BCUT2D eigenvalue weighted by molar-refractivity contribution is 6.15. The van der Waals surface area contributed by atoms with Crippen molar-refractivity contribution >= 4 is 60.9 Å². The van der Waals surface area contributed by atoms with Crippen LogP contribution in [0.15, 0.2) is 185 Å². The van der Waals surface area contributed by atoms with Crippen molar-refractivity contribution in [2.45, 2.75) is 19.3 Å². The summed E-state index contributed by atoms with van der Waals surface area (Å²) in [4.78, 5) is 2.49. The van der Waals surface area contributed by atoms with Gasteiger partial charge in [0.1, 0.15) is 22.3 Å². The van der Waals surface area contributed by atoms with E-state index < -0.39 is 0 Å². The Morgan fingerprint density at radius 2 is 0.870 bits per heavy atom. The minimum atomic E-state index is -0.159. The molecule has 8 aromatic carbocycles. The van der Waals surface area contributed by atoms with Crippen molar-refractivity contribution in [2.75, 3.05) is 4.90 Å². The number of para-hydroxylation sites is 5. The van der Waals surface area contributed by atoms with Gasteiger partial charge in [-0.15, -0.1) is 0 Å². The fourth-order valence-corrected chi connectivity index (χ4v) is 9.06. The summed E-state index contributed by atoms with van der Waals surface area (Å²) in [5, 5.41) is 4.46. The van der Waals surface area contributed by atoms with Gasteiger partial charge in [0.2, 0.25) is 0 Å². The Hall–Kier alpha value is -6.84. The zero-order valence-electron chi connectivity index (χ0n) is 30.0. The lowest BCUT2D eigenvalue weighted by molar-refractivity contribution is 0.660. The third kappa shape index (κ3) is 4.36. The first-order valence-electron chi connectivity index (χ1n) is 18.6. The second-order valence-corrected chi connectivity index (χ2v) is 14.8. The minimum Gasteiger partial charge on any atom is -0.456 e. The monoisotopic (exact) mass is 693 g/mol. The molecule has 256 valence electrons. The summed E-state index contributed by atoms with van der Waals surface area (Å²) < 4.78 is 13.1. The van der Waals surface area contributed by atoms with Crippen LogP contribution in [0.4, 0.5) is 17.1 Å². The number of anilines is 3. The molecule has 0 saturated carbocycles. The number of fused-ring (bicyclic) bond motifs is 9. The first kappa shape index (κ1) is 30.8. The number of benzene rings is 8. The molecule has 10 aromatic rings. The fourth-order valence-electron chi connectivity index (χ4n) is 9.06. The zero-order valence-corrected chi connectivity index (χ0v) is 30.0. The Kier molecular flexibility index (Phi) is 6.60. The Balaban J connectivity index is 1.24. The average Bonchev–Trinajstić information content (AvgIpc) is 3.87. The summed E-state index contributed by atoms with van der Waals surface area (Å²) in [6, 6.07) is 62.9. The van der Waals surface area contributed by atoms with E-state index in [4.69, 9.17) is 8.83 Å². The summed E-state index contributed by atoms with van der Waals surface area (Å²) >= 11 is 0. The smallest absolute Gasteiger partial charge is 0.143 e. The molecule has 3 nitrogen and oxygen atoms in total. The molecule has 3 heteroatoms. The highest BCUT2D eigenvalue weighted by Gasteiger charge is 2.38. The molecule has 0 fully saturated rings. The maximum absolute atomic E-state index is 6.68. The summed E-state index contributed by atoms with van der Waals surface area (Å²) in [5.41, 5.74) is 16.3. The summed E-state index contributed by atoms with van der Waals surface area (Å²) in [7, 11) is 0. The Labute approximate surface area is 313 Å². The van der Waals surface area contributed by atoms with Gasteiger partial charge in [0, 0.05) is 49.2 Å². The molecule has 1 aliphatic rings. The van der Waals surface area contributed by atoms with Gasteiger partial charge in [-0.2, -0.15) is 0 Å². The number of rotatable bonds is 5. The number of hydrogen-bond donors (Lipinski definition) is 0. The van der Waals surface area contributed by atoms with E-state index >= 15 is 0 Å². The van der Waals surface area contributed by atoms with Crippen LogP contribution in [-0.2, 0) is 5.41 Å². The number of nitrogens with zero attached hydrogens (tertiary/aromatic N) is 1. The van der Waals surface area contributed by atoms with Crippen molar-refractivity contribution in [1.82, 2.24) is 0 Å². The maximum atomic E-state index is 6.68. The lowest BCUT2D eigenvalue weighted by Gasteiger charge is -2.32. The van der Waals surface area contributed by atoms with Crippen molar-refractivity contribution < 1.29 is 8.83 Å². The van der Waals surface area contributed by atoms with Crippen LogP contribution in [0.3, 0.4) is 0 Å². The van der Waals surface area contributed by atoms with E-state index in [2.05, 4.69) is 183 Å². The SMILES string of the molecule is CC1(C)c2ccccc2-c2c(N(c3ccccc3-c3cccc4c3oc3ccccc34)c3ccccc3-c3cccc4oc5ccccc5c34)cccc21. The van der Waals surface area contributed by atoms with Crippen LogP contribution in [0.5, 0.6) is 0 Å². The van der Waals surface area contributed by atoms with Gasteiger partial charge in [0.05, 0.1) is 17.1 Å². The van der Waals surface area contributed by atoms with Crippen molar-refractivity contribution in [3.8, 4) is 33.4 Å². The third-order valence-electron chi connectivity index (χ3n) is 11.5. The standard InChI is InChI=1S/C51H35NO2/c1-51(2)40-24-8-3-19-38(40)49-41(51)25-15-28-44(49)52(42-26-9-4-16-32(42)35-21-14-31-47-48(35)39-20-7-12-30-46(39)53-47)43-27-10-5-17-33(43)36-22-13-23-37-34-18-6-11-29-45(34)54-50(36)37/h3-31H,1-2H3. The first-order valence-corrected chi connectivity index (χ1v) is 18.6. The lowest BCUT2D eigenvalue weighted by Crippen LogP contribution is -2.16.